The summed E-state index contributed by atoms with van der Waals surface area (Å²) >= 11 is 7.27. The Bertz CT molecular complexity index is 861. The minimum atomic E-state index is -0.335. The molecule has 1 heterocycles. The Morgan fingerprint density at radius 3 is 3.00 bits per heavy atom. The maximum absolute atomic E-state index is 12.7. The van der Waals surface area contributed by atoms with Crippen molar-refractivity contribution < 1.29 is 4.79 Å². The lowest BCUT2D eigenvalue weighted by Gasteiger charge is -2.15. The third-order valence-corrected chi connectivity index (χ3v) is 5.09. The number of rotatable bonds is 6. The average molecular weight is 364 g/mol. The first-order valence-electron chi connectivity index (χ1n) is 7.77. The maximum Gasteiger partial charge on any atom is 0.262 e. The summed E-state index contributed by atoms with van der Waals surface area (Å²) in [5.74, 6) is -0.0295. The number of thioether (sulfide) groups is 1. The molecule has 126 valence electrons. The summed E-state index contributed by atoms with van der Waals surface area (Å²) in [6, 6.07) is 5.34. The van der Waals surface area contributed by atoms with Crippen LogP contribution in [0.2, 0.25) is 5.02 Å². The maximum atomic E-state index is 12.7. The molecule has 1 aliphatic carbocycles. The van der Waals surface area contributed by atoms with Gasteiger partial charge in [0.2, 0.25) is 5.91 Å². The topological polar surface area (TPSA) is 64.0 Å². The number of carbonyl (C=O) groups excluding carboxylic acids is 1. The molecule has 1 fully saturated rings. The first-order chi connectivity index (χ1) is 11.5. The molecule has 0 unspecified atom stereocenters. The highest BCUT2D eigenvalue weighted by Gasteiger charge is 2.27. The predicted octanol–water partition coefficient (Wildman–Crippen LogP) is 3.00. The van der Waals surface area contributed by atoms with Crippen LogP contribution in [0.25, 0.3) is 10.9 Å². The number of carbonyl (C=O) groups is 1. The minimum Gasteiger partial charge on any atom is -0.352 e. The molecular weight excluding hydrogens is 346 g/mol. The molecule has 1 aromatic heterocycles. The highest BCUT2D eigenvalue weighted by Crippen LogP contribution is 2.25. The standard InChI is InChI=1S/C17H18ClN3O2S/c1-3-8-21-16(23)13-9-11(18)4-7-14(13)20-17(21)24-10(2)15(22)19-12-5-6-12/h3-4,7,9-10,12H,1,5-6,8H2,2H3,(H,19,22)/t10-/m1/s1. The molecule has 0 radical (unpaired) electrons. The molecule has 0 spiro atoms. The predicted molar refractivity (Wildman–Crippen MR) is 97.7 cm³/mol. The van der Waals surface area contributed by atoms with Gasteiger partial charge in [-0.1, -0.05) is 29.4 Å². The van der Waals surface area contributed by atoms with E-state index in [9.17, 15) is 9.59 Å². The van der Waals surface area contributed by atoms with Gasteiger partial charge in [0.25, 0.3) is 5.56 Å². The van der Waals surface area contributed by atoms with Gasteiger partial charge in [0.05, 0.1) is 16.2 Å². The lowest BCUT2D eigenvalue weighted by atomic mass is 10.2. The van der Waals surface area contributed by atoms with E-state index in [-0.39, 0.29) is 16.7 Å². The molecule has 1 saturated carbocycles. The van der Waals surface area contributed by atoms with Crippen molar-refractivity contribution in [2.24, 2.45) is 0 Å². The molecule has 0 aliphatic heterocycles. The molecule has 24 heavy (non-hydrogen) atoms. The van der Waals surface area contributed by atoms with E-state index in [0.29, 0.717) is 33.7 Å². The van der Waals surface area contributed by atoms with Crippen molar-refractivity contribution in [3.05, 3.63) is 46.2 Å². The van der Waals surface area contributed by atoms with Crippen LogP contribution in [0.3, 0.4) is 0 Å². The summed E-state index contributed by atoms with van der Waals surface area (Å²) < 4.78 is 1.53. The van der Waals surface area contributed by atoms with Crippen molar-refractivity contribution in [3.8, 4) is 0 Å². The molecule has 5 nitrogen and oxygen atoms in total. The van der Waals surface area contributed by atoms with Crippen molar-refractivity contribution >= 4 is 40.2 Å². The third kappa shape index (κ3) is 3.65. The molecule has 1 aromatic carbocycles. The number of hydrogen-bond donors (Lipinski definition) is 1. The van der Waals surface area contributed by atoms with Crippen molar-refractivity contribution in [2.75, 3.05) is 0 Å². The lowest BCUT2D eigenvalue weighted by molar-refractivity contribution is -0.120. The van der Waals surface area contributed by atoms with Crippen LogP contribution < -0.4 is 10.9 Å². The molecule has 1 atom stereocenters. The zero-order valence-corrected chi connectivity index (χ0v) is 14.9. The van der Waals surface area contributed by atoms with Crippen LogP contribution in [0.15, 0.2) is 40.8 Å². The van der Waals surface area contributed by atoms with Crippen molar-refractivity contribution in [2.45, 2.75) is 42.8 Å². The van der Waals surface area contributed by atoms with E-state index in [0.717, 1.165) is 12.8 Å². The molecule has 1 aliphatic rings. The summed E-state index contributed by atoms with van der Waals surface area (Å²) in [4.78, 5) is 29.5. The Kier molecular flexibility index (Phi) is 4.96. The quantitative estimate of drug-likeness (QED) is 0.487. The Balaban J connectivity index is 1.97. The van der Waals surface area contributed by atoms with E-state index in [1.54, 1.807) is 24.3 Å². The van der Waals surface area contributed by atoms with Crippen LogP contribution in [0.4, 0.5) is 0 Å². The van der Waals surface area contributed by atoms with Gasteiger partial charge in [-0.2, -0.15) is 0 Å². The smallest absolute Gasteiger partial charge is 0.262 e. The number of allylic oxidation sites excluding steroid dienone is 1. The highest BCUT2D eigenvalue weighted by atomic mass is 35.5. The number of benzene rings is 1. The summed E-state index contributed by atoms with van der Waals surface area (Å²) in [5.41, 5.74) is 0.390. The second-order valence-corrected chi connectivity index (χ2v) is 7.55. The fraction of sp³-hybridized carbons (Fsp3) is 0.353. The van der Waals surface area contributed by atoms with Gasteiger partial charge in [0.1, 0.15) is 0 Å². The van der Waals surface area contributed by atoms with Crippen LogP contribution in [0, 0.1) is 0 Å². The fourth-order valence-corrected chi connectivity index (χ4v) is 3.41. The SMILES string of the molecule is C=CCn1c(S[C@H](C)C(=O)NC2CC2)nc2ccc(Cl)cc2c1=O. The van der Waals surface area contributed by atoms with Gasteiger partial charge in [-0.15, -0.1) is 6.58 Å². The monoisotopic (exact) mass is 363 g/mol. The summed E-state index contributed by atoms with van der Waals surface area (Å²) in [7, 11) is 0. The van der Waals surface area contributed by atoms with Crippen LogP contribution >= 0.6 is 23.4 Å². The van der Waals surface area contributed by atoms with E-state index in [4.69, 9.17) is 11.6 Å². The highest BCUT2D eigenvalue weighted by molar-refractivity contribution is 8.00. The van der Waals surface area contributed by atoms with E-state index >= 15 is 0 Å². The van der Waals surface area contributed by atoms with Gasteiger partial charge in [0, 0.05) is 17.6 Å². The number of hydrogen-bond acceptors (Lipinski definition) is 4. The zero-order valence-electron chi connectivity index (χ0n) is 13.3. The van der Waals surface area contributed by atoms with Gasteiger partial charge < -0.3 is 5.32 Å². The molecule has 0 saturated heterocycles. The van der Waals surface area contributed by atoms with E-state index in [1.807, 2.05) is 6.92 Å². The van der Waals surface area contributed by atoms with Crippen LogP contribution in [0.5, 0.6) is 0 Å². The Labute approximate surface area is 149 Å². The van der Waals surface area contributed by atoms with Crippen molar-refractivity contribution in [1.82, 2.24) is 14.9 Å². The molecular formula is C17H18ClN3O2S. The second-order valence-electron chi connectivity index (χ2n) is 5.80. The first-order valence-corrected chi connectivity index (χ1v) is 9.03. The number of fused-ring (bicyclic) bond motifs is 1. The normalized spacial score (nSPS) is 15.2. The Hall–Kier alpha value is -1.79. The van der Waals surface area contributed by atoms with Crippen LogP contribution in [-0.2, 0) is 11.3 Å². The van der Waals surface area contributed by atoms with Gasteiger partial charge in [-0.05, 0) is 38.0 Å². The minimum absolute atomic E-state index is 0.0295. The Morgan fingerprint density at radius 2 is 2.33 bits per heavy atom. The van der Waals surface area contributed by atoms with Crippen LogP contribution in [-0.4, -0.2) is 26.8 Å². The molecule has 3 rings (SSSR count). The number of aromatic nitrogens is 2. The molecule has 2 aromatic rings. The Morgan fingerprint density at radius 1 is 1.58 bits per heavy atom. The number of halogens is 1. The van der Waals surface area contributed by atoms with Crippen molar-refractivity contribution in [3.63, 3.8) is 0 Å². The number of amides is 1. The average Bonchev–Trinajstić information content (AvgIpc) is 3.35. The van der Waals surface area contributed by atoms with Crippen LogP contribution in [0.1, 0.15) is 19.8 Å². The van der Waals surface area contributed by atoms with Gasteiger partial charge >= 0.3 is 0 Å². The third-order valence-electron chi connectivity index (χ3n) is 3.77. The molecule has 1 N–H and O–H groups in total. The second kappa shape index (κ2) is 6.99. The van der Waals surface area contributed by atoms with E-state index < -0.39 is 0 Å². The summed E-state index contributed by atoms with van der Waals surface area (Å²) in [6.45, 7) is 5.84. The van der Waals surface area contributed by atoms with Gasteiger partial charge in [-0.3, -0.25) is 14.2 Å². The summed E-state index contributed by atoms with van der Waals surface area (Å²) in [5, 5.41) is 4.10. The van der Waals surface area contributed by atoms with E-state index in [2.05, 4.69) is 16.9 Å². The summed E-state index contributed by atoms with van der Waals surface area (Å²) in [6.07, 6.45) is 3.72. The number of nitrogens with zero attached hydrogens (tertiary/aromatic N) is 2. The zero-order chi connectivity index (χ0) is 17.3. The fourth-order valence-electron chi connectivity index (χ4n) is 2.31. The van der Waals surface area contributed by atoms with E-state index in [1.165, 1.54) is 16.3 Å². The van der Waals surface area contributed by atoms with Gasteiger partial charge in [-0.25, -0.2) is 4.98 Å². The van der Waals surface area contributed by atoms with Gasteiger partial charge in [0.15, 0.2) is 5.16 Å². The first kappa shape index (κ1) is 17.0. The molecule has 0 bridgehead atoms. The lowest BCUT2D eigenvalue weighted by Crippen LogP contribution is -2.33. The largest absolute Gasteiger partial charge is 0.352 e. The molecule has 7 heteroatoms. The number of nitrogens with one attached hydrogen (secondary N) is 1. The van der Waals surface area contributed by atoms with Crippen molar-refractivity contribution in [1.29, 1.82) is 0 Å². The molecule has 1 amide bonds.